The van der Waals surface area contributed by atoms with Gasteiger partial charge in [0.25, 0.3) is 0 Å². The van der Waals surface area contributed by atoms with Gasteiger partial charge in [-0.2, -0.15) is 0 Å². The molecule has 10 heteroatoms. The minimum absolute atomic E-state index is 0.0264. The van der Waals surface area contributed by atoms with E-state index < -0.39 is 28.7 Å². The van der Waals surface area contributed by atoms with Crippen molar-refractivity contribution < 1.29 is 24.2 Å². The number of rotatable bonds is 10. The molecule has 5 rings (SSSR count). The van der Waals surface area contributed by atoms with Gasteiger partial charge in [-0.3, -0.25) is 14.4 Å². The maximum absolute atomic E-state index is 14.3. The largest absolute Gasteiger partial charge is 0.497 e. The van der Waals surface area contributed by atoms with Gasteiger partial charge >= 0.3 is 0 Å². The Bertz CT molecular complexity index is 1250. The highest BCUT2D eigenvalue weighted by Crippen LogP contribution is 2.68. The molecule has 2 aromatic carbocycles. The summed E-state index contributed by atoms with van der Waals surface area (Å²) < 4.78 is 4.45. The van der Waals surface area contributed by atoms with Crippen molar-refractivity contribution in [3.63, 3.8) is 0 Å². The van der Waals surface area contributed by atoms with Crippen LogP contribution in [0, 0.1) is 17.8 Å². The second-order valence-electron chi connectivity index (χ2n) is 11.0. The topological polar surface area (TPSA) is 108 Å². The zero-order chi connectivity index (χ0) is 28.6. The Hall–Kier alpha value is -2.56. The number of methoxy groups -OCH3 is 1. The zero-order valence-electron chi connectivity index (χ0n) is 22.9. The van der Waals surface area contributed by atoms with Gasteiger partial charge in [0.1, 0.15) is 11.8 Å². The Morgan fingerprint density at radius 2 is 1.88 bits per heavy atom. The van der Waals surface area contributed by atoms with Crippen molar-refractivity contribution in [2.45, 2.75) is 60.1 Å². The van der Waals surface area contributed by atoms with Crippen LogP contribution in [0.25, 0.3) is 0 Å². The van der Waals surface area contributed by atoms with Crippen molar-refractivity contribution in [1.82, 2.24) is 10.2 Å². The van der Waals surface area contributed by atoms with Crippen LogP contribution in [0.1, 0.15) is 32.3 Å². The van der Waals surface area contributed by atoms with Crippen LogP contribution in [0.5, 0.6) is 5.75 Å². The number of likely N-dealkylation sites (tertiary alicyclic amines) is 1. The fourth-order valence-corrected chi connectivity index (χ4v) is 10.2. The van der Waals surface area contributed by atoms with Crippen molar-refractivity contribution in [2.75, 3.05) is 19.0 Å². The zero-order valence-corrected chi connectivity index (χ0v) is 25.3. The van der Waals surface area contributed by atoms with Crippen LogP contribution in [0.2, 0.25) is 0 Å². The number of ether oxygens (including phenoxy) is 1. The summed E-state index contributed by atoms with van der Waals surface area (Å²) in [5.41, 5.74) is 1.57. The molecule has 3 heterocycles. The predicted molar refractivity (Wildman–Crippen MR) is 159 cm³/mol. The number of nitrogens with one attached hydrogen (secondary N) is 2. The lowest BCUT2D eigenvalue weighted by atomic mass is 9.70. The molecule has 0 saturated carbocycles. The summed E-state index contributed by atoms with van der Waals surface area (Å²) in [6.07, 6.45) is 1.31. The molecule has 3 fully saturated rings. The van der Waals surface area contributed by atoms with E-state index in [4.69, 9.17) is 4.74 Å². The van der Waals surface area contributed by atoms with Gasteiger partial charge in [0.05, 0.1) is 36.3 Å². The van der Waals surface area contributed by atoms with Crippen LogP contribution in [-0.2, 0) is 20.9 Å². The standard InChI is InChI=1S/C30H36BrN3O5S/c1-4-17(2)22(16-35)34-26(28(37)33-19-10-12-20(39-3)13-11-19)30-14-21(31)25(40-30)23(24(30)29(34)38)27(36)32-15-18-8-6-5-7-9-18/h5-13,17,21-26,35H,4,14-16H2,1-3H3,(H,32,36)(H,33,37)/t17-,21?,22-,23-,24-,25-,26?,30?/m0/s1. The number of anilines is 1. The Morgan fingerprint density at radius 3 is 2.50 bits per heavy atom. The number of nitrogens with zero attached hydrogens (tertiary/aromatic N) is 1. The summed E-state index contributed by atoms with van der Waals surface area (Å²) in [4.78, 5) is 43.8. The Morgan fingerprint density at radius 1 is 1.18 bits per heavy atom. The summed E-state index contributed by atoms with van der Waals surface area (Å²) in [6.45, 7) is 4.10. The highest BCUT2D eigenvalue weighted by atomic mass is 79.9. The number of halogens is 1. The fraction of sp³-hybridized carbons (Fsp3) is 0.500. The minimum atomic E-state index is -0.833. The Kier molecular flexibility index (Phi) is 8.50. The number of alkyl halides is 1. The maximum Gasteiger partial charge on any atom is 0.248 e. The van der Waals surface area contributed by atoms with Gasteiger partial charge in [-0.1, -0.05) is 66.5 Å². The van der Waals surface area contributed by atoms with Crippen LogP contribution < -0.4 is 15.4 Å². The first-order valence-corrected chi connectivity index (χ1v) is 15.6. The molecule has 3 aliphatic rings. The first-order chi connectivity index (χ1) is 19.2. The van der Waals surface area contributed by atoms with E-state index in [1.807, 2.05) is 44.2 Å². The lowest BCUT2D eigenvalue weighted by molar-refractivity contribution is -0.143. The van der Waals surface area contributed by atoms with Gasteiger partial charge in [-0.05, 0) is 42.2 Å². The van der Waals surface area contributed by atoms with Crippen molar-refractivity contribution in [3.05, 3.63) is 60.2 Å². The molecule has 3 aliphatic heterocycles. The molecule has 3 saturated heterocycles. The molecule has 3 amide bonds. The van der Waals surface area contributed by atoms with E-state index in [-0.39, 0.29) is 40.3 Å². The molecule has 8 atom stereocenters. The van der Waals surface area contributed by atoms with Gasteiger partial charge in [0.15, 0.2) is 0 Å². The summed E-state index contributed by atoms with van der Waals surface area (Å²) in [7, 11) is 1.58. The summed E-state index contributed by atoms with van der Waals surface area (Å²) in [6, 6.07) is 15.4. The molecule has 2 aromatic rings. The third-order valence-electron chi connectivity index (χ3n) is 8.79. The number of thioether (sulfide) groups is 1. The van der Waals surface area contributed by atoms with E-state index in [2.05, 4.69) is 26.6 Å². The van der Waals surface area contributed by atoms with Crippen molar-refractivity contribution in [3.8, 4) is 5.75 Å². The highest BCUT2D eigenvalue weighted by Gasteiger charge is 2.76. The van der Waals surface area contributed by atoms with Gasteiger partial charge in [-0.25, -0.2) is 0 Å². The lowest BCUT2D eigenvalue weighted by Crippen LogP contribution is -2.56. The van der Waals surface area contributed by atoms with E-state index in [1.54, 1.807) is 48.0 Å². The predicted octanol–water partition coefficient (Wildman–Crippen LogP) is 3.82. The lowest BCUT2D eigenvalue weighted by Gasteiger charge is -2.39. The average molecular weight is 631 g/mol. The van der Waals surface area contributed by atoms with Crippen LogP contribution in [0.4, 0.5) is 5.69 Å². The van der Waals surface area contributed by atoms with Crippen molar-refractivity contribution in [1.29, 1.82) is 0 Å². The number of carbonyl (C=O) groups excluding carboxylic acids is 3. The molecule has 1 spiro atoms. The number of carbonyl (C=O) groups is 3. The second-order valence-corrected chi connectivity index (χ2v) is 13.7. The molecule has 214 valence electrons. The number of hydrogen-bond acceptors (Lipinski definition) is 6. The molecule has 8 nitrogen and oxygen atoms in total. The summed E-state index contributed by atoms with van der Waals surface area (Å²) >= 11 is 5.39. The summed E-state index contributed by atoms with van der Waals surface area (Å²) in [5.74, 6) is -1.31. The highest BCUT2D eigenvalue weighted by molar-refractivity contribution is 9.09. The van der Waals surface area contributed by atoms with Gasteiger partial charge < -0.3 is 25.4 Å². The SMILES string of the molecule is CC[C@H](C)[C@H](CO)N1C(=O)[C@@H]2[C@H](C(=O)NCc3ccccc3)[C@H]3SC2(CC3Br)C1C(=O)Nc1ccc(OC)cc1. The van der Waals surface area contributed by atoms with Gasteiger partial charge in [0, 0.05) is 22.3 Å². The van der Waals surface area contributed by atoms with E-state index in [0.717, 1.165) is 12.0 Å². The molecule has 2 bridgehead atoms. The Labute approximate surface area is 247 Å². The Balaban J connectivity index is 1.49. The first kappa shape index (κ1) is 29.0. The maximum atomic E-state index is 14.3. The fourth-order valence-electron chi connectivity index (χ4n) is 6.63. The normalized spacial score (nSPS) is 30.1. The number of fused-ring (bicyclic) bond motifs is 1. The average Bonchev–Trinajstić information content (AvgIpc) is 3.56. The summed E-state index contributed by atoms with van der Waals surface area (Å²) in [5, 5.41) is 16.4. The monoisotopic (exact) mass is 629 g/mol. The van der Waals surface area contributed by atoms with Crippen LogP contribution in [-0.4, -0.2) is 68.4 Å². The number of benzene rings is 2. The van der Waals surface area contributed by atoms with Crippen molar-refractivity contribution in [2.24, 2.45) is 17.8 Å². The molecular formula is C30H36BrN3O5S. The van der Waals surface area contributed by atoms with Crippen LogP contribution in [0.3, 0.4) is 0 Å². The number of hydrogen-bond donors (Lipinski definition) is 3. The molecule has 40 heavy (non-hydrogen) atoms. The van der Waals surface area contributed by atoms with E-state index in [9.17, 15) is 19.5 Å². The van der Waals surface area contributed by atoms with Crippen molar-refractivity contribution >= 4 is 51.1 Å². The number of aliphatic hydroxyl groups excluding tert-OH is 1. The molecule has 3 unspecified atom stereocenters. The second kappa shape index (κ2) is 11.7. The number of aliphatic hydroxyl groups is 1. The third-order valence-corrected chi connectivity index (χ3v) is 12.0. The molecule has 0 radical (unpaired) electrons. The smallest absolute Gasteiger partial charge is 0.248 e. The third kappa shape index (κ3) is 4.92. The first-order valence-electron chi connectivity index (χ1n) is 13.8. The van der Waals surface area contributed by atoms with Crippen LogP contribution >= 0.6 is 27.7 Å². The van der Waals surface area contributed by atoms with E-state index in [0.29, 0.717) is 24.4 Å². The molecule has 0 aromatic heterocycles. The molecule has 3 N–H and O–H groups in total. The number of amides is 3. The minimum Gasteiger partial charge on any atom is -0.497 e. The molecular weight excluding hydrogens is 594 g/mol. The van der Waals surface area contributed by atoms with Crippen LogP contribution in [0.15, 0.2) is 54.6 Å². The van der Waals surface area contributed by atoms with Gasteiger partial charge in [0.2, 0.25) is 17.7 Å². The molecule has 0 aliphatic carbocycles. The van der Waals surface area contributed by atoms with Gasteiger partial charge in [-0.15, -0.1) is 11.8 Å². The van der Waals surface area contributed by atoms with E-state index >= 15 is 0 Å². The quantitative estimate of drug-likeness (QED) is 0.345. The van der Waals surface area contributed by atoms with E-state index in [1.165, 1.54) is 0 Å².